The zero-order chi connectivity index (χ0) is 14.5. The van der Waals surface area contributed by atoms with Gasteiger partial charge in [0.2, 0.25) is 0 Å². The Morgan fingerprint density at radius 2 is 1.65 bits per heavy atom. The molecular formula is C12H6ClNO4S2. The second-order valence-electron chi connectivity index (χ2n) is 4.14. The van der Waals surface area contributed by atoms with Crippen molar-refractivity contribution in [3.8, 4) is 0 Å². The van der Waals surface area contributed by atoms with Crippen LogP contribution in [-0.2, 0) is 9.05 Å². The van der Waals surface area contributed by atoms with Crippen LogP contribution in [0.5, 0.6) is 0 Å². The highest BCUT2D eigenvalue weighted by molar-refractivity contribution is 8.13. The molecule has 8 heteroatoms. The first-order valence-corrected chi connectivity index (χ1v) is 8.54. The number of hydrogen-bond donors (Lipinski definition) is 0. The van der Waals surface area contributed by atoms with Crippen LogP contribution in [0.25, 0.3) is 20.2 Å². The molecule has 20 heavy (non-hydrogen) atoms. The van der Waals surface area contributed by atoms with Crippen LogP contribution in [0.1, 0.15) is 0 Å². The number of rotatable bonds is 2. The lowest BCUT2D eigenvalue weighted by Crippen LogP contribution is -1.88. The smallest absolute Gasteiger partial charge is 0.258 e. The third-order valence-electron chi connectivity index (χ3n) is 2.92. The van der Waals surface area contributed by atoms with Crippen LogP contribution in [0.2, 0.25) is 0 Å². The lowest BCUT2D eigenvalue weighted by Gasteiger charge is -1.96. The lowest BCUT2D eigenvalue weighted by molar-refractivity contribution is -0.384. The van der Waals surface area contributed by atoms with Crippen molar-refractivity contribution in [1.82, 2.24) is 0 Å². The number of non-ortho nitro benzene ring substituents is 1. The quantitative estimate of drug-likeness (QED) is 0.406. The summed E-state index contributed by atoms with van der Waals surface area (Å²) in [4.78, 5) is 10.3. The molecule has 102 valence electrons. The highest BCUT2D eigenvalue weighted by Crippen LogP contribution is 2.37. The van der Waals surface area contributed by atoms with Crippen molar-refractivity contribution in [3.63, 3.8) is 0 Å². The Kier molecular flexibility index (Phi) is 2.93. The van der Waals surface area contributed by atoms with E-state index in [0.29, 0.717) is 0 Å². The van der Waals surface area contributed by atoms with Crippen molar-refractivity contribution in [1.29, 1.82) is 0 Å². The second-order valence-corrected chi connectivity index (χ2v) is 7.79. The molecule has 1 heterocycles. The van der Waals surface area contributed by atoms with Crippen LogP contribution in [0.4, 0.5) is 5.69 Å². The number of benzene rings is 2. The number of nitro groups is 1. The number of nitrogens with zero attached hydrogens (tertiary/aromatic N) is 1. The topological polar surface area (TPSA) is 77.3 Å². The number of nitro benzene ring substituents is 1. The van der Waals surface area contributed by atoms with Gasteiger partial charge in [-0.05, 0) is 18.2 Å². The molecule has 5 nitrogen and oxygen atoms in total. The predicted molar refractivity (Wildman–Crippen MR) is 79.0 cm³/mol. The fourth-order valence-electron chi connectivity index (χ4n) is 2.01. The molecule has 3 aromatic rings. The van der Waals surface area contributed by atoms with Crippen molar-refractivity contribution < 1.29 is 13.3 Å². The molecule has 0 saturated heterocycles. The Morgan fingerprint density at radius 3 is 2.25 bits per heavy atom. The van der Waals surface area contributed by atoms with Gasteiger partial charge in [0.25, 0.3) is 14.7 Å². The maximum atomic E-state index is 11.3. The van der Waals surface area contributed by atoms with Crippen LogP contribution in [0.3, 0.4) is 0 Å². The fourth-order valence-corrected chi connectivity index (χ4v) is 4.04. The minimum Gasteiger partial charge on any atom is -0.258 e. The predicted octanol–water partition coefficient (Wildman–Crippen LogP) is 3.89. The van der Waals surface area contributed by atoms with E-state index in [0.717, 1.165) is 20.2 Å². The minimum atomic E-state index is -3.78. The Balaban J connectivity index is 2.33. The minimum absolute atomic E-state index is 0.00856. The molecule has 0 amide bonds. The SMILES string of the molecule is O=[N+]([O-])c1ccc2c(c1)sc1cc(S(=O)(=O)Cl)ccc12. The molecule has 0 fully saturated rings. The first-order valence-electron chi connectivity index (χ1n) is 5.41. The van der Waals surface area contributed by atoms with E-state index in [-0.39, 0.29) is 10.6 Å². The molecule has 0 unspecified atom stereocenters. The zero-order valence-electron chi connectivity index (χ0n) is 9.74. The van der Waals surface area contributed by atoms with Crippen molar-refractivity contribution in [2.45, 2.75) is 4.90 Å². The summed E-state index contributed by atoms with van der Waals surface area (Å²) in [7, 11) is 1.53. The normalized spacial score (nSPS) is 12.1. The van der Waals surface area contributed by atoms with E-state index in [9.17, 15) is 18.5 Å². The summed E-state index contributed by atoms with van der Waals surface area (Å²) in [6.07, 6.45) is 0. The van der Waals surface area contributed by atoms with Gasteiger partial charge < -0.3 is 0 Å². The Bertz CT molecular complexity index is 962. The third kappa shape index (κ3) is 2.13. The summed E-state index contributed by atoms with van der Waals surface area (Å²) < 4.78 is 24.1. The number of fused-ring (bicyclic) bond motifs is 3. The molecule has 0 aliphatic heterocycles. The van der Waals surface area contributed by atoms with Gasteiger partial charge in [0.05, 0.1) is 9.82 Å². The molecule has 1 aromatic heterocycles. The highest BCUT2D eigenvalue weighted by atomic mass is 35.7. The molecule has 0 aliphatic carbocycles. The third-order valence-corrected chi connectivity index (χ3v) is 5.39. The number of halogens is 1. The van der Waals surface area contributed by atoms with Gasteiger partial charge in [0, 0.05) is 43.0 Å². The molecule has 2 aromatic carbocycles. The first kappa shape index (κ1) is 13.3. The van der Waals surface area contributed by atoms with Gasteiger partial charge in [0.1, 0.15) is 0 Å². The molecule has 0 aliphatic rings. The summed E-state index contributed by atoms with van der Waals surface area (Å²) in [6.45, 7) is 0. The van der Waals surface area contributed by atoms with Crippen LogP contribution in [0.15, 0.2) is 41.3 Å². The molecule has 0 N–H and O–H groups in total. The van der Waals surface area contributed by atoms with E-state index in [1.54, 1.807) is 12.1 Å². The molecule has 0 saturated carbocycles. The number of thiophene rings is 1. The van der Waals surface area contributed by atoms with Crippen LogP contribution < -0.4 is 0 Å². The zero-order valence-corrected chi connectivity index (χ0v) is 12.1. The van der Waals surface area contributed by atoms with Gasteiger partial charge in [-0.2, -0.15) is 0 Å². The summed E-state index contributed by atoms with van der Waals surface area (Å²) >= 11 is 1.30. The first-order chi connectivity index (χ1) is 9.36. The van der Waals surface area contributed by atoms with Gasteiger partial charge in [-0.1, -0.05) is 6.07 Å². The summed E-state index contributed by atoms with van der Waals surface area (Å²) in [6, 6.07) is 9.15. The summed E-state index contributed by atoms with van der Waals surface area (Å²) in [5.41, 5.74) is 0.00856. The Hall–Kier alpha value is -1.70. The standard InChI is InChI=1S/C12H6ClNO4S2/c13-20(17,18)8-2-4-10-9-3-1-7(14(15)16)5-11(9)19-12(10)6-8/h1-6H. The van der Waals surface area contributed by atoms with Crippen molar-refractivity contribution >= 4 is 56.9 Å². The van der Waals surface area contributed by atoms with Gasteiger partial charge in [-0.15, -0.1) is 11.3 Å². The average molecular weight is 328 g/mol. The van der Waals surface area contributed by atoms with E-state index in [4.69, 9.17) is 10.7 Å². The Labute approximate surface area is 122 Å². The molecule has 0 bridgehead atoms. The molecular weight excluding hydrogens is 322 g/mol. The molecule has 0 atom stereocenters. The average Bonchev–Trinajstić information content (AvgIpc) is 2.73. The van der Waals surface area contributed by atoms with Gasteiger partial charge in [-0.3, -0.25) is 10.1 Å². The maximum absolute atomic E-state index is 11.3. The van der Waals surface area contributed by atoms with E-state index in [1.165, 1.54) is 35.6 Å². The van der Waals surface area contributed by atoms with Gasteiger partial charge in [0.15, 0.2) is 0 Å². The monoisotopic (exact) mass is 327 g/mol. The van der Waals surface area contributed by atoms with E-state index < -0.39 is 14.0 Å². The Morgan fingerprint density at radius 1 is 1.05 bits per heavy atom. The van der Waals surface area contributed by atoms with Gasteiger partial charge in [-0.25, -0.2) is 8.42 Å². The maximum Gasteiger partial charge on any atom is 0.270 e. The number of hydrogen-bond acceptors (Lipinski definition) is 5. The summed E-state index contributed by atoms with van der Waals surface area (Å²) in [5, 5.41) is 12.5. The molecule has 0 radical (unpaired) electrons. The molecule has 0 spiro atoms. The van der Waals surface area contributed by atoms with E-state index in [1.807, 2.05) is 0 Å². The van der Waals surface area contributed by atoms with Crippen molar-refractivity contribution in [2.75, 3.05) is 0 Å². The summed E-state index contributed by atoms with van der Waals surface area (Å²) in [5.74, 6) is 0. The van der Waals surface area contributed by atoms with Crippen molar-refractivity contribution in [2.24, 2.45) is 0 Å². The van der Waals surface area contributed by atoms with E-state index >= 15 is 0 Å². The lowest BCUT2D eigenvalue weighted by atomic mass is 10.1. The van der Waals surface area contributed by atoms with Crippen LogP contribution in [0, 0.1) is 10.1 Å². The highest BCUT2D eigenvalue weighted by Gasteiger charge is 2.14. The van der Waals surface area contributed by atoms with E-state index in [2.05, 4.69) is 0 Å². The van der Waals surface area contributed by atoms with Crippen LogP contribution >= 0.6 is 22.0 Å². The second kappa shape index (κ2) is 4.41. The van der Waals surface area contributed by atoms with Crippen LogP contribution in [-0.4, -0.2) is 13.3 Å². The van der Waals surface area contributed by atoms with Gasteiger partial charge >= 0.3 is 0 Å². The van der Waals surface area contributed by atoms with Crippen molar-refractivity contribution in [3.05, 3.63) is 46.5 Å². The fraction of sp³-hybridized carbons (Fsp3) is 0. The molecule has 3 rings (SSSR count). The largest absolute Gasteiger partial charge is 0.270 e.